The van der Waals surface area contributed by atoms with E-state index < -0.39 is 10.0 Å². The zero-order valence-corrected chi connectivity index (χ0v) is 12.4. The number of sulfonamides is 1. The number of likely N-dealkylation sites (tertiary alicyclic amines) is 1. The molecule has 114 valence electrons. The molecular weight excluding hydrogens is 282 g/mol. The summed E-state index contributed by atoms with van der Waals surface area (Å²) in [6.07, 6.45) is 3.43. The molecule has 20 heavy (non-hydrogen) atoms. The van der Waals surface area contributed by atoms with E-state index in [1.54, 1.807) is 4.90 Å². The summed E-state index contributed by atoms with van der Waals surface area (Å²) in [4.78, 5) is 25.2. The molecule has 2 amide bonds. The summed E-state index contributed by atoms with van der Waals surface area (Å²) in [5, 5.41) is 2.71. The first kappa shape index (κ1) is 15.2. The van der Waals surface area contributed by atoms with Gasteiger partial charge in [0.2, 0.25) is 21.8 Å². The number of carbonyl (C=O) groups is 2. The molecule has 0 aliphatic carbocycles. The number of carbonyl (C=O) groups excluding carboxylic acids is 2. The van der Waals surface area contributed by atoms with Crippen molar-refractivity contribution in [2.45, 2.75) is 31.7 Å². The molecule has 8 heteroatoms. The van der Waals surface area contributed by atoms with E-state index in [4.69, 9.17) is 0 Å². The molecule has 0 bridgehead atoms. The quantitative estimate of drug-likeness (QED) is 0.703. The van der Waals surface area contributed by atoms with Crippen LogP contribution in [0.25, 0.3) is 0 Å². The second-order valence-corrected chi connectivity index (χ2v) is 7.31. The molecule has 2 N–H and O–H groups in total. The van der Waals surface area contributed by atoms with Gasteiger partial charge in [-0.05, 0) is 19.3 Å². The Hall–Kier alpha value is -1.15. The van der Waals surface area contributed by atoms with E-state index in [2.05, 4.69) is 10.0 Å². The van der Waals surface area contributed by atoms with Gasteiger partial charge in [0.05, 0.1) is 12.2 Å². The summed E-state index contributed by atoms with van der Waals surface area (Å²) >= 11 is 0. The minimum Gasteiger partial charge on any atom is -0.355 e. The molecule has 2 heterocycles. The van der Waals surface area contributed by atoms with E-state index in [0.717, 1.165) is 6.26 Å². The summed E-state index contributed by atoms with van der Waals surface area (Å²) in [6.45, 7) is 1.55. The van der Waals surface area contributed by atoms with Crippen LogP contribution >= 0.6 is 0 Å². The first-order chi connectivity index (χ1) is 9.35. The lowest BCUT2D eigenvalue weighted by molar-refractivity contribution is -0.138. The first-order valence-corrected chi connectivity index (χ1v) is 8.77. The van der Waals surface area contributed by atoms with Crippen molar-refractivity contribution in [3.63, 3.8) is 0 Å². The average molecular weight is 303 g/mol. The van der Waals surface area contributed by atoms with E-state index in [9.17, 15) is 18.0 Å². The maximum atomic E-state index is 12.3. The number of amides is 2. The van der Waals surface area contributed by atoms with Crippen LogP contribution in [0.2, 0.25) is 0 Å². The Bertz CT molecular complexity index is 473. The van der Waals surface area contributed by atoms with Gasteiger partial charge in [-0.3, -0.25) is 9.59 Å². The zero-order chi connectivity index (χ0) is 14.8. The number of hydrogen-bond donors (Lipinski definition) is 2. The first-order valence-electron chi connectivity index (χ1n) is 6.88. The fourth-order valence-electron chi connectivity index (χ4n) is 2.72. The van der Waals surface area contributed by atoms with Crippen molar-refractivity contribution in [1.29, 1.82) is 0 Å². The second-order valence-electron chi connectivity index (χ2n) is 5.53. The molecule has 2 fully saturated rings. The highest BCUT2D eigenvalue weighted by Crippen LogP contribution is 2.18. The molecule has 0 aromatic rings. The van der Waals surface area contributed by atoms with Gasteiger partial charge in [-0.25, -0.2) is 13.1 Å². The van der Waals surface area contributed by atoms with Gasteiger partial charge in [0.25, 0.3) is 0 Å². The molecule has 2 aliphatic rings. The highest BCUT2D eigenvalue weighted by atomic mass is 32.2. The molecule has 7 nitrogen and oxygen atoms in total. The van der Waals surface area contributed by atoms with Crippen molar-refractivity contribution in [2.75, 3.05) is 25.9 Å². The van der Waals surface area contributed by atoms with Crippen LogP contribution in [-0.2, 0) is 19.6 Å². The van der Waals surface area contributed by atoms with Gasteiger partial charge in [0.15, 0.2) is 0 Å². The Labute approximate surface area is 119 Å². The van der Waals surface area contributed by atoms with E-state index in [-0.39, 0.29) is 23.8 Å². The molecule has 0 saturated carbocycles. The largest absolute Gasteiger partial charge is 0.355 e. The molecule has 2 aliphatic heterocycles. The van der Waals surface area contributed by atoms with Crippen molar-refractivity contribution in [2.24, 2.45) is 5.92 Å². The minimum absolute atomic E-state index is 0.00473. The molecule has 2 saturated heterocycles. The van der Waals surface area contributed by atoms with E-state index >= 15 is 0 Å². The molecule has 0 aromatic heterocycles. The third kappa shape index (κ3) is 4.17. The van der Waals surface area contributed by atoms with Crippen LogP contribution in [0.1, 0.15) is 25.7 Å². The Morgan fingerprint density at radius 2 is 1.95 bits per heavy atom. The lowest BCUT2D eigenvalue weighted by Crippen LogP contribution is -2.50. The average Bonchev–Trinajstić information content (AvgIpc) is 2.38. The maximum absolute atomic E-state index is 12.3. The summed E-state index contributed by atoms with van der Waals surface area (Å²) < 4.78 is 24.9. The van der Waals surface area contributed by atoms with Gasteiger partial charge in [-0.1, -0.05) is 0 Å². The summed E-state index contributed by atoms with van der Waals surface area (Å²) in [6, 6.07) is -0.0832. The fraction of sp³-hybridized carbons (Fsp3) is 0.833. The van der Waals surface area contributed by atoms with Gasteiger partial charge in [-0.2, -0.15) is 0 Å². The zero-order valence-electron chi connectivity index (χ0n) is 11.6. The van der Waals surface area contributed by atoms with Gasteiger partial charge in [0, 0.05) is 32.1 Å². The minimum atomic E-state index is -3.19. The van der Waals surface area contributed by atoms with Crippen molar-refractivity contribution in [3.8, 4) is 0 Å². The Morgan fingerprint density at radius 1 is 1.30 bits per heavy atom. The van der Waals surface area contributed by atoms with Crippen LogP contribution in [0, 0.1) is 5.92 Å². The van der Waals surface area contributed by atoms with E-state index in [1.807, 2.05) is 0 Å². The second kappa shape index (κ2) is 6.09. The predicted octanol–water partition coefficient (Wildman–Crippen LogP) is -0.947. The number of nitrogens with zero attached hydrogens (tertiary/aromatic N) is 1. The third-order valence-electron chi connectivity index (χ3n) is 3.80. The highest BCUT2D eigenvalue weighted by molar-refractivity contribution is 7.88. The number of hydrogen-bond acceptors (Lipinski definition) is 4. The number of rotatable bonds is 3. The lowest BCUT2D eigenvalue weighted by Gasteiger charge is -2.35. The van der Waals surface area contributed by atoms with Crippen LogP contribution in [0.3, 0.4) is 0 Å². The lowest BCUT2D eigenvalue weighted by atomic mass is 9.96. The van der Waals surface area contributed by atoms with Crippen LogP contribution in [0.5, 0.6) is 0 Å². The summed E-state index contributed by atoms with van der Waals surface area (Å²) in [5.41, 5.74) is 0. The molecule has 2 rings (SSSR count). The number of piperidine rings is 2. The topological polar surface area (TPSA) is 95.6 Å². The van der Waals surface area contributed by atoms with E-state index in [1.165, 1.54) is 0 Å². The standard InChI is InChI=1S/C12H21N3O4S/c1-20(18,19)14-10-4-6-15(7-5-10)12(17)9-2-3-11(16)13-8-9/h9-10,14H,2-8H2,1H3,(H,13,16). The predicted molar refractivity (Wildman–Crippen MR) is 73.3 cm³/mol. The normalized spacial score (nSPS) is 25.4. The smallest absolute Gasteiger partial charge is 0.227 e. The van der Waals surface area contributed by atoms with Crippen LogP contribution < -0.4 is 10.0 Å². The van der Waals surface area contributed by atoms with Gasteiger partial charge < -0.3 is 10.2 Å². The Balaban J connectivity index is 1.81. The molecule has 0 radical (unpaired) electrons. The Morgan fingerprint density at radius 3 is 2.45 bits per heavy atom. The SMILES string of the molecule is CS(=O)(=O)NC1CCN(C(=O)C2CCC(=O)NC2)CC1. The van der Waals surface area contributed by atoms with Crippen LogP contribution in [0.15, 0.2) is 0 Å². The van der Waals surface area contributed by atoms with Crippen molar-refractivity contribution in [1.82, 2.24) is 14.9 Å². The fourth-order valence-corrected chi connectivity index (χ4v) is 3.56. The van der Waals surface area contributed by atoms with Gasteiger partial charge in [0.1, 0.15) is 0 Å². The van der Waals surface area contributed by atoms with Gasteiger partial charge in [-0.15, -0.1) is 0 Å². The maximum Gasteiger partial charge on any atom is 0.227 e. The van der Waals surface area contributed by atoms with Crippen molar-refractivity contribution in [3.05, 3.63) is 0 Å². The van der Waals surface area contributed by atoms with Crippen molar-refractivity contribution < 1.29 is 18.0 Å². The monoisotopic (exact) mass is 303 g/mol. The van der Waals surface area contributed by atoms with Crippen molar-refractivity contribution >= 4 is 21.8 Å². The Kier molecular flexibility index (Phi) is 4.64. The molecule has 1 atom stereocenters. The van der Waals surface area contributed by atoms with Gasteiger partial charge >= 0.3 is 0 Å². The molecule has 0 spiro atoms. The molecule has 1 unspecified atom stereocenters. The van der Waals surface area contributed by atoms with E-state index in [0.29, 0.717) is 45.3 Å². The van der Waals surface area contributed by atoms with Crippen LogP contribution in [0.4, 0.5) is 0 Å². The summed E-state index contributed by atoms with van der Waals surface area (Å²) in [7, 11) is -3.19. The summed E-state index contributed by atoms with van der Waals surface area (Å²) in [5.74, 6) is -0.0555. The molecular formula is C12H21N3O4S. The van der Waals surface area contributed by atoms with Crippen LogP contribution in [-0.4, -0.2) is 57.1 Å². The highest BCUT2D eigenvalue weighted by Gasteiger charge is 2.31. The third-order valence-corrected chi connectivity index (χ3v) is 4.56. The molecule has 0 aromatic carbocycles. The number of nitrogens with one attached hydrogen (secondary N) is 2.